The van der Waals surface area contributed by atoms with Crippen LogP contribution in [0.5, 0.6) is 0 Å². The lowest BCUT2D eigenvalue weighted by Crippen LogP contribution is -2.21. The van der Waals surface area contributed by atoms with Gasteiger partial charge in [0.2, 0.25) is 5.91 Å². The number of amides is 1. The lowest BCUT2D eigenvalue weighted by Gasteiger charge is -1.99. The van der Waals surface area contributed by atoms with E-state index in [1.807, 2.05) is 0 Å². The van der Waals surface area contributed by atoms with E-state index < -0.39 is 4.92 Å². The number of benzene rings is 1. The monoisotopic (exact) mass is 367 g/mol. The van der Waals surface area contributed by atoms with Gasteiger partial charge in [-0.3, -0.25) is 14.9 Å². The highest BCUT2D eigenvalue weighted by Crippen LogP contribution is 2.52. The topological polar surface area (TPSA) is 84.6 Å². The van der Waals surface area contributed by atoms with Crippen molar-refractivity contribution in [2.75, 3.05) is 0 Å². The predicted octanol–water partition coefficient (Wildman–Crippen LogP) is 4.37. The predicted molar refractivity (Wildman–Crippen MR) is 105 cm³/mol. The Kier molecular flexibility index (Phi) is 6.52. The van der Waals surface area contributed by atoms with Crippen LogP contribution in [0.4, 0.5) is 5.69 Å². The van der Waals surface area contributed by atoms with E-state index in [9.17, 15) is 14.9 Å². The smallest absolute Gasteiger partial charge is 0.269 e. The van der Waals surface area contributed by atoms with Crippen molar-refractivity contribution in [1.82, 2.24) is 5.43 Å². The van der Waals surface area contributed by atoms with Gasteiger partial charge in [0, 0.05) is 18.1 Å². The zero-order valence-electron chi connectivity index (χ0n) is 15.3. The third-order valence-corrected chi connectivity index (χ3v) is 5.29. The first-order chi connectivity index (χ1) is 13.2. The fourth-order valence-electron chi connectivity index (χ4n) is 3.79. The largest absolute Gasteiger partial charge is 0.273 e. The van der Waals surface area contributed by atoms with Gasteiger partial charge in [0.25, 0.3) is 5.69 Å². The number of nitrogens with zero attached hydrogens (tertiary/aromatic N) is 2. The van der Waals surface area contributed by atoms with Gasteiger partial charge in [-0.25, -0.2) is 5.43 Å². The van der Waals surface area contributed by atoms with Gasteiger partial charge >= 0.3 is 0 Å². The molecule has 0 bridgehead atoms. The number of nitrogens with one attached hydrogen (secondary N) is 1. The van der Waals surface area contributed by atoms with E-state index >= 15 is 0 Å². The number of nitro groups is 1. The summed E-state index contributed by atoms with van der Waals surface area (Å²) < 4.78 is 0. The van der Waals surface area contributed by atoms with Crippen molar-refractivity contribution in [3.8, 4) is 0 Å². The van der Waals surface area contributed by atoms with Gasteiger partial charge in [0.05, 0.1) is 11.1 Å². The fourth-order valence-corrected chi connectivity index (χ4v) is 3.79. The second-order valence-corrected chi connectivity index (χ2v) is 7.11. The number of hydrazone groups is 1. The molecule has 142 valence electrons. The van der Waals surface area contributed by atoms with E-state index in [2.05, 4.69) is 34.8 Å². The van der Waals surface area contributed by atoms with Crippen LogP contribution in [0.3, 0.4) is 0 Å². The zero-order valence-corrected chi connectivity index (χ0v) is 15.3. The number of nitro benzene ring substituents is 1. The highest BCUT2D eigenvalue weighted by Gasteiger charge is 2.52. The van der Waals surface area contributed by atoms with E-state index in [1.54, 1.807) is 12.1 Å². The van der Waals surface area contributed by atoms with Crippen LogP contribution in [0.2, 0.25) is 0 Å². The quantitative estimate of drug-likeness (QED) is 0.371. The number of carbonyl (C=O) groups excluding carboxylic acids is 1. The van der Waals surface area contributed by atoms with E-state index in [1.165, 1.54) is 18.3 Å². The van der Waals surface area contributed by atoms with Crippen LogP contribution in [-0.2, 0) is 4.79 Å². The summed E-state index contributed by atoms with van der Waals surface area (Å²) in [7, 11) is 0. The van der Waals surface area contributed by atoms with Gasteiger partial charge in [-0.1, -0.05) is 24.3 Å². The SMILES string of the molecule is O=C(N/N=C\c1ccc([N+](=O)[O-])cc1)C1[C@H]2CC/C=C/CC/C=C\CC[C@@H]12. The molecule has 1 saturated carbocycles. The van der Waals surface area contributed by atoms with Gasteiger partial charge in [-0.2, -0.15) is 5.10 Å². The maximum atomic E-state index is 12.5. The second-order valence-electron chi connectivity index (χ2n) is 7.11. The average Bonchev–Trinajstić information content (AvgIpc) is 3.34. The molecule has 0 saturated heterocycles. The molecule has 1 aromatic carbocycles. The number of allylic oxidation sites excluding steroid dienone is 4. The van der Waals surface area contributed by atoms with Crippen LogP contribution in [0.15, 0.2) is 53.7 Å². The van der Waals surface area contributed by atoms with Crippen molar-refractivity contribution in [1.29, 1.82) is 0 Å². The molecule has 2 aliphatic carbocycles. The summed E-state index contributed by atoms with van der Waals surface area (Å²) in [6.45, 7) is 0. The Morgan fingerprint density at radius 3 is 2.11 bits per heavy atom. The van der Waals surface area contributed by atoms with Crippen molar-refractivity contribution in [2.45, 2.75) is 38.5 Å². The molecule has 0 aromatic heterocycles. The highest BCUT2D eigenvalue weighted by molar-refractivity contribution is 5.85. The van der Waals surface area contributed by atoms with E-state index in [0.29, 0.717) is 17.4 Å². The molecule has 1 N–H and O–H groups in total. The van der Waals surface area contributed by atoms with Crippen LogP contribution >= 0.6 is 0 Å². The molecule has 0 radical (unpaired) electrons. The molecule has 0 spiro atoms. The number of fused-ring (bicyclic) bond motifs is 1. The van der Waals surface area contributed by atoms with Crippen LogP contribution in [0.1, 0.15) is 44.1 Å². The zero-order chi connectivity index (χ0) is 19.1. The third kappa shape index (κ3) is 5.36. The Morgan fingerprint density at radius 1 is 1.00 bits per heavy atom. The minimum absolute atomic E-state index is 0.0222. The highest BCUT2D eigenvalue weighted by atomic mass is 16.6. The van der Waals surface area contributed by atoms with E-state index in [-0.39, 0.29) is 17.5 Å². The Balaban J connectivity index is 1.53. The van der Waals surface area contributed by atoms with E-state index in [4.69, 9.17) is 0 Å². The van der Waals surface area contributed by atoms with Crippen LogP contribution < -0.4 is 5.43 Å². The van der Waals surface area contributed by atoms with Gasteiger partial charge in [0.1, 0.15) is 0 Å². The summed E-state index contributed by atoms with van der Waals surface area (Å²) in [5.41, 5.74) is 3.39. The summed E-state index contributed by atoms with van der Waals surface area (Å²) in [5.74, 6) is 0.904. The summed E-state index contributed by atoms with van der Waals surface area (Å²) >= 11 is 0. The number of carbonyl (C=O) groups is 1. The third-order valence-electron chi connectivity index (χ3n) is 5.29. The second kappa shape index (κ2) is 9.26. The molecule has 0 aliphatic heterocycles. The van der Waals surface area contributed by atoms with Gasteiger partial charge in [-0.05, 0) is 68.1 Å². The molecule has 2 aliphatic rings. The molecule has 6 nitrogen and oxygen atoms in total. The summed E-state index contributed by atoms with van der Waals surface area (Å²) in [6.07, 6.45) is 16.8. The van der Waals surface area contributed by atoms with Crippen molar-refractivity contribution in [3.63, 3.8) is 0 Å². The lowest BCUT2D eigenvalue weighted by molar-refractivity contribution is -0.384. The van der Waals surface area contributed by atoms with Crippen LogP contribution in [0.25, 0.3) is 0 Å². The number of hydrogen-bond donors (Lipinski definition) is 1. The van der Waals surface area contributed by atoms with Crippen LogP contribution in [-0.4, -0.2) is 17.0 Å². The molecule has 6 heteroatoms. The van der Waals surface area contributed by atoms with Crippen molar-refractivity contribution >= 4 is 17.8 Å². The molecule has 3 rings (SSSR count). The van der Waals surface area contributed by atoms with Gasteiger partial charge < -0.3 is 0 Å². The summed E-state index contributed by atoms with van der Waals surface area (Å²) in [6, 6.07) is 6.06. The standard InChI is InChI=1S/C21H25N3O3/c25-21(23-22-15-16-11-13-17(14-12-16)24(26)27)20-18-9-7-5-3-1-2-4-6-8-10-19(18)20/h3-6,11-15,18-20H,1-2,7-10H2,(H,23,25)/b5-3-,6-4+,22-15-/t18-,19+,20?/m1/s1. The number of rotatable bonds is 4. The van der Waals surface area contributed by atoms with Crippen molar-refractivity contribution in [2.24, 2.45) is 22.9 Å². The molecule has 1 amide bonds. The molecular formula is C21H25N3O3. The van der Waals surface area contributed by atoms with Crippen LogP contribution in [0, 0.1) is 27.9 Å². The molecule has 0 heterocycles. The Hall–Kier alpha value is -2.76. The first-order valence-electron chi connectivity index (χ1n) is 9.54. The lowest BCUT2D eigenvalue weighted by atomic mass is 10.1. The first kappa shape index (κ1) is 19.0. The normalized spacial score (nSPS) is 27.6. The van der Waals surface area contributed by atoms with Gasteiger partial charge in [0.15, 0.2) is 0 Å². The molecule has 1 fully saturated rings. The molecule has 1 aromatic rings. The number of non-ortho nitro benzene ring substituents is 1. The molecule has 1 unspecified atom stereocenters. The maximum Gasteiger partial charge on any atom is 0.269 e. The fraction of sp³-hybridized carbons (Fsp3) is 0.429. The van der Waals surface area contributed by atoms with Crippen molar-refractivity contribution < 1.29 is 9.72 Å². The molecular weight excluding hydrogens is 342 g/mol. The molecule has 3 atom stereocenters. The minimum Gasteiger partial charge on any atom is -0.273 e. The van der Waals surface area contributed by atoms with E-state index in [0.717, 1.165) is 38.5 Å². The van der Waals surface area contributed by atoms with Crippen molar-refractivity contribution in [3.05, 3.63) is 64.2 Å². The van der Waals surface area contributed by atoms with Gasteiger partial charge in [-0.15, -0.1) is 0 Å². The Morgan fingerprint density at radius 2 is 1.56 bits per heavy atom. The summed E-state index contributed by atoms with van der Waals surface area (Å²) in [5, 5.41) is 14.7. The maximum absolute atomic E-state index is 12.5. The molecule has 27 heavy (non-hydrogen) atoms. The average molecular weight is 367 g/mol. The Labute approximate surface area is 159 Å². The Bertz CT molecular complexity index is 728. The first-order valence-corrected chi connectivity index (χ1v) is 9.54. The summed E-state index contributed by atoms with van der Waals surface area (Å²) in [4.78, 5) is 22.7. The number of hydrogen-bond acceptors (Lipinski definition) is 4. The minimum atomic E-state index is -0.443.